The van der Waals surface area contributed by atoms with Crippen LogP contribution >= 0.6 is 0 Å². The Bertz CT molecular complexity index is 796. The molecule has 0 heterocycles. The number of rotatable bonds is 29. The fourth-order valence-corrected chi connectivity index (χ4v) is 4.48. The summed E-state index contributed by atoms with van der Waals surface area (Å²) in [5, 5.41) is 32.7. The first-order chi connectivity index (χ1) is 21.0. The largest absolute Gasteiger partial charge is 0.394 e. The lowest BCUT2D eigenvalue weighted by Gasteiger charge is -2.19. The van der Waals surface area contributed by atoms with Gasteiger partial charge in [-0.25, -0.2) is 0 Å². The Balaban J connectivity index is 3.90. The van der Waals surface area contributed by atoms with Crippen molar-refractivity contribution in [3.63, 3.8) is 0 Å². The number of aliphatic hydroxyl groups is 3. The average Bonchev–Trinajstić information content (AvgIpc) is 3.00. The van der Waals surface area contributed by atoms with Crippen LogP contribution in [0.15, 0.2) is 72.9 Å². The van der Waals surface area contributed by atoms with Gasteiger partial charge in [0.2, 0.25) is 5.91 Å². The topological polar surface area (TPSA) is 89.8 Å². The second-order valence-corrected chi connectivity index (χ2v) is 11.4. The van der Waals surface area contributed by atoms with Crippen molar-refractivity contribution >= 4 is 5.91 Å². The predicted octanol–water partition coefficient (Wildman–Crippen LogP) is 8.97. The monoisotopic (exact) mass is 599 g/mol. The highest BCUT2D eigenvalue weighted by molar-refractivity contribution is 5.76. The van der Waals surface area contributed by atoms with Crippen molar-refractivity contribution in [2.24, 2.45) is 0 Å². The van der Waals surface area contributed by atoms with Crippen LogP contribution in [0.1, 0.15) is 136 Å². The van der Waals surface area contributed by atoms with E-state index in [2.05, 4.69) is 49.5 Å². The molecule has 0 aromatic rings. The Morgan fingerprint density at radius 2 is 1.23 bits per heavy atom. The fourth-order valence-electron chi connectivity index (χ4n) is 4.48. The van der Waals surface area contributed by atoms with E-state index in [1.165, 1.54) is 70.6 Å². The maximum absolute atomic E-state index is 12.3. The van der Waals surface area contributed by atoms with Gasteiger partial charge in [-0.3, -0.25) is 4.79 Å². The molecule has 1 amide bonds. The molecule has 0 aromatic carbocycles. The number of allylic oxidation sites excluding steroid dienone is 9. The lowest BCUT2D eigenvalue weighted by molar-refractivity contribution is -0.122. The van der Waals surface area contributed by atoms with Crippen molar-refractivity contribution < 1.29 is 20.1 Å². The zero-order chi connectivity index (χ0) is 31.6. The van der Waals surface area contributed by atoms with Gasteiger partial charge in [0.15, 0.2) is 0 Å². The van der Waals surface area contributed by atoms with Gasteiger partial charge in [-0.05, 0) is 70.6 Å². The molecule has 5 heteroatoms. The summed E-state index contributed by atoms with van der Waals surface area (Å²) in [6, 6.07) is -0.678. The molecule has 0 aromatic heterocycles. The average molecular weight is 600 g/mol. The van der Waals surface area contributed by atoms with Gasteiger partial charge in [-0.15, -0.1) is 0 Å². The molecule has 0 bridgehead atoms. The SMILES string of the molecule is CCC/C=C\CCCCCCCC/C=C/[C@@H](O)[C@H](CO)NC(=O)CCC/C=C/C/C=C\C[C@@H](O)/C=C\C=C/CCCCC. The normalized spacial score (nSPS) is 14.8. The van der Waals surface area contributed by atoms with E-state index in [-0.39, 0.29) is 12.5 Å². The summed E-state index contributed by atoms with van der Waals surface area (Å²) < 4.78 is 0. The van der Waals surface area contributed by atoms with Gasteiger partial charge in [0, 0.05) is 6.42 Å². The van der Waals surface area contributed by atoms with Crippen LogP contribution in [0.2, 0.25) is 0 Å². The van der Waals surface area contributed by atoms with E-state index in [9.17, 15) is 20.1 Å². The van der Waals surface area contributed by atoms with Gasteiger partial charge < -0.3 is 20.6 Å². The molecule has 0 spiro atoms. The summed E-state index contributed by atoms with van der Waals surface area (Å²) in [5.41, 5.74) is 0. The molecular formula is C38H65NO4. The standard InChI is InChI=1S/C38H65NO4/c1-3-5-7-9-11-12-13-14-15-16-20-24-28-32-37(42)36(34-40)39-38(43)33-29-25-21-17-19-23-27-31-35(41)30-26-22-18-10-8-6-4-2/h7,9,17-18,21-23,26-28,30,32,35-37,40-42H,3-6,8,10-16,19-20,24-25,29,31,33-34H2,1-2H3,(H,39,43)/b9-7-,21-17+,22-18-,27-23-,30-26-,32-28+/t35-,36-,37+/m0/s1. The van der Waals surface area contributed by atoms with Crippen molar-refractivity contribution in [2.75, 3.05) is 6.61 Å². The number of carbonyl (C=O) groups excluding carboxylic acids is 1. The number of carbonyl (C=O) groups is 1. The van der Waals surface area contributed by atoms with E-state index in [4.69, 9.17) is 0 Å². The van der Waals surface area contributed by atoms with E-state index in [0.717, 1.165) is 32.1 Å². The van der Waals surface area contributed by atoms with E-state index < -0.39 is 18.2 Å². The molecule has 0 rings (SSSR count). The second kappa shape index (κ2) is 32.7. The molecule has 0 aliphatic rings. The van der Waals surface area contributed by atoms with Gasteiger partial charge in [0.05, 0.1) is 24.9 Å². The molecule has 246 valence electrons. The Hall–Kier alpha value is -2.21. The Labute approximate surface area is 264 Å². The van der Waals surface area contributed by atoms with Crippen LogP contribution in [0.5, 0.6) is 0 Å². The van der Waals surface area contributed by atoms with Gasteiger partial charge in [-0.1, -0.05) is 132 Å². The number of amides is 1. The number of hydrogen-bond donors (Lipinski definition) is 4. The van der Waals surface area contributed by atoms with E-state index in [1.54, 1.807) is 6.08 Å². The number of aliphatic hydroxyl groups excluding tert-OH is 3. The summed E-state index contributed by atoms with van der Waals surface area (Å²) in [5.74, 6) is -0.154. The Morgan fingerprint density at radius 1 is 0.628 bits per heavy atom. The zero-order valence-electron chi connectivity index (χ0n) is 27.6. The second-order valence-electron chi connectivity index (χ2n) is 11.4. The Morgan fingerprint density at radius 3 is 1.95 bits per heavy atom. The lowest BCUT2D eigenvalue weighted by Crippen LogP contribution is -2.45. The van der Waals surface area contributed by atoms with Crippen LogP contribution in [-0.4, -0.2) is 46.1 Å². The third-order valence-corrected chi connectivity index (χ3v) is 7.21. The highest BCUT2D eigenvalue weighted by atomic mass is 16.3. The third kappa shape index (κ3) is 29.6. The van der Waals surface area contributed by atoms with Crippen LogP contribution in [0.25, 0.3) is 0 Å². The molecule has 0 saturated carbocycles. The molecule has 3 atom stereocenters. The molecule has 5 nitrogen and oxygen atoms in total. The molecule has 0 aliphatic carbocycles. The van der Waals surface area contributed by atoms with Crippen LogP contribution in [0, 0.1) is 0 Å². The van der Waals surface area contributed by atoms with E-state index in [1.807, 2.05) is 36.5 Å². The molecule has 0 fully saturated rings. The Kier molecular flexibility index (Phi) is 31.0. The predicted molar refractivity (Wildman–Crippen MR) is 185 cm³/mol. The zero-order valence-corrected chi connectivity index (χ0v) is 27.6. The summed E-state index contributed by atoms with van der Waals surface area (Å²) in [6.07, 6.45) is 42.9. The first-order valence-corrected chi connectivity index (χ1v) is 17.3. The highest BCUT2D eigenvalue weighted by Crippen LogP contribution is 2.10. The third-order valence-electron chi connectivity index (χ3n) is 7.21. The molecule has 0 saturated heterocycles. The fraction of sp³-hybridized carbons (Fsp3) is 0.658. The van der Waals surface area contributed by atoms with Crippen LogP contribution < -0.4 is 5.32 Å². The summed E-state index contributed by atoms with van der Waals surface area (Å²) >= 11 is 0. The molecule has 0 unspecified atom stereocenters. The van der Waals surface area contributed by atoms with Crippen molar-refractivity contribution in [2.45, 2.75) is 154 Å². The van der Waals surface area contributed by atoms with Crippen molar-refractivity contribution in [3.8, 4) is 0 Å². The maximum Gasteiger partial charge on any atom is 0.220 e. The summed E-state index contributed by atoms with van der Waals surface area (Å²) in [6.45, 7) is 4.11. The summed E-state index contributed by atoms with van der Waals surface area (Å²) in [7, 11) is 0. The minimum Gasteiger partial charge on any atom is -0.394 e. The van der Waals surface area contributed by atoms with Gasteiger partial charge in [0.25, 0.3) is 0 Å². The maximum atomic E-state index is 12.3. The molecule has 43 heavy (non-hydrogen) atoms. The van der Waals surface area contributed by atoms with Crippen LogP contribution in [-0.2, 0) is 4.79 Å². The minimum absolute atomic E-state index is 0.154. The first kappa shape index (κ1) is 40.8. The lowest BCUT2D eigenvalue weighted by atomic mass is 10.1. The van der Waals surface area contributed by atoms with Gasteiger partial charge in [0.1, 0.15) is 0 Å². The molecule has 0 aliphatic heterocycles. The van der Waals surface area contributed by atoms with Crippen LogP contribution in [0.4, 0.5) is 0 Å². The minimum atomic E-state index is -0.887. The smallest absolute Gasteiger partial charge is 0.220 e. The van der Waals surface area contributed by atoms with Gasteiger partial charge >= 0.3 is 0 Å². The molecule has 0 radical (unpaired) electrons. The van der Waals surface area contributed by atoms with Gasteiger partial charge in [-0.2, -0.15) is 0 Å². The highest BCUT2D eigenvalue weighted by Gasteiger charge is 2.17. The number of hydrogen-bond acceptors (Lipinski definition) is 4. The molecule has 4 N–H and O–H groups in total. The summed E-state index contributed by atoms with van der Waals surface area (Å²) in [4.78, 5) is 12.3. The number of nitrogens with one attached hydrogen (secondary N) is 1. The van der Waals surface area contributed by atoms with E-state index in [0.29, 0.717) is 19.3 Å². The van der Waals surface area contributed by atoms with E-state index >= 15 is 0 Å². The van der Waals surface area contributed by atoms with Crippen molar-refractivity contribution in [3.05, 3.63) is 72.9 Å². The van der Waals surface area contributed by atoms with Crippen molar-refractivity contribution in [1.82, 2.24) is 5.32 Å². The quantitative estimate of drug-likeness (QED) is 0.0392. The van der Waals surface area contributed by atoms with Crippen LogP contribution in [0.3, 0.4) is 0 Å². The number of unbranched alkanes of at least 4 members (excludes halogenated alkanes) is 12. The van der Waals surface area contributed by atoms with Crippen molar-refractivity contribution in [1.29, 1.82) is 0 Å². The first-order valence-electron chi connectivity index (χ1n) is 17.3. The molecular weight excluding hydrogens is 534 g/mol.